The fraction of sp³-hybridized carbons (Fsp3) is 0.385. The van der Waals surface area contributed by atoms with E-state index in [-0.39, 0.29) is 16.2 Å². The average Bonchev–Trinajstić information content (AvgIpc) is 3.32. The first kappa shape index (κ1) is 24.8. The number of sulfonamides is 1. The first-order chi connectivity index (χ1) is 16.9. The van der Waals surface area contributed by atoms with E-state index in [0.29, 0.717) is 25.2 Å². The summed E-state index contributed by atoms with van der Waals surface area (Å²) in [5.74, 6) is -1.07. The normalized spacial score (nSPS) is 15.2. The van der Waals surface area contributed by atoms with Crippen LogP contribution in [0.2, 0.25) is 0 Å². The van der Waals surface area contributed by atoms with Crippen molar-refractivity contribution in [3.8, 4) is 5.75 Å². The van der Waals surface area contributed by atoms with E-state index >= 15 is 0 Å². The zero-order chi connectivity index (χ0) is 24.8. The molecule has 2 aromatic rings. The molecule has 0 spiro atoms. The smallest absolute Gasteiger partial charge is 0.342 e. The van der Waals surface area contributed by atoms with E-state index < -0.39 is 28.5 Å². The van der Waals surface area contributed by atoms with Gasteiger partial charge in [-0.15, -0.1) is 0 Å². The van der Waals surface area contributed by atoms with E-state index in [4.69, 9.17) is 9.47 Å². The van der Waals surface area contributed by atoms with Crippen LogP contribution in [0.4, 0.5) is 5.69 Å². The Labute approximate surface area is 206 Å². The molecule has 0 fully saturated rings. The second-order valence-electron chi connectivity index (χ2n) is 8.60. The molecule has 0 radical (unpaired) electrons. The van der Waals surface area contributed by atoms with Crippen LogP contribution in [0.3, 0.4) is 0 Å². The minimum atomic E-state index is -3.90. The largest absolute Gasteiger partial charge is 0.496 e. The molecule has 0 saturated carbocycles. The predicted molar refractivity (Wildman–Crippen MR) is 132 cm³/mol. The SMILES string of the molecule is COc1ccc(S(=O)(=O)N2CCc3ccccc32)cc1C(=O)OCC(=O)NCCC1=CCCCC1. The summed E-state index contributed by atoms with van der Waals surface area (Å²) in [7, 11) is -2.52. The molecule has 1 N–H and O–H groups in total. The highest BCUT2D eigenvalue weighted by molar-refractivity contribution is 7.92. The van der Waals surface area contributed by atoms with Gasteiger partial charge in [0.05, 0.1) is 17.7 Å². The van der Waals surface area contributed by atoms with Gasteiger partial charge in [-0.2, -0.15) is 0 Å². The van der Waals surface area contributed by atoms with E-state index in [1.165, 1.54) is 48.0 Å². The van der Waals surface area contributed by atoms with Gasteiger partial charge in [0, 0.05) is 13.1 Å². The number of fused-ring (bicyclic) bond motifs is 1. The molecule has 0 aromatic heterocycles. The fourth-order valence-electron chi connectivity index (χ4n) is 4.45. The quantitative estimate of drug-likeness (QED) is 0.419. The zero-order valence-corrected chi connectivity index (χ0v) is 20.6. The predicted octanol–water partition coefficient (Wildman–Crippen LogP) is 3.61. The third kappa shape index (κ3) is 5.67. The number of esters is 1. The summed E-state index contributed by atoms with van der Waals surface area (Å²) < 4.78 is 38.5. The lowest BCUT2D eigenvalue weighted by Gasteiger charge is -2.20. The molecule has 0 unspecified atom stereocenters. The summed E-state index contributed by atoms with van der Waals surface area (Å²) in [4.78, 5) is 24.9. The number of hydrogen-bond acceptors (Lipinski definition) is 6. The van der Waals surface area contributed by atoms with Crippen molar-refractivity contribution in [2.45, 2.75) is 43.4 Å². The summed E-state index contributed by atoms with van der Waals surface area (Å²) in [6.07, 6.45) is 8.17. The Balaban J connectivity index is 1.41. The van der Waals surface area contributed by atoms with Gasteiger partial charge in [0.25, 0.3) is 15.9 Å². The number of nitrogens with one attached hydrogen (secondary N) is 1. The van der Waals surface area contributed by atoms with E-state index in [9.17, 15) is 18.0 Å². The van der Waals surface area contributed by atoms with Gasteiger partial charge in [0.2, 0.25) is 0 Å². The van der Waals surface area contributed by atoms with Gasteiger partial charge < -0.3 is 14.8 Å². The number of carbonyl (C=O) groups is 2. The maximum atomic E-state index is 13.4. The third-order valence-electron chi connectivity index (χ3n) is 6.31. The number of nitrogens with zero attached hydrogens (tertiary/aromatic N) is 1. The molecule has 0 atom stereocenters. The number of rotatable bonds is 9. The number of allylic oxidation sites excluding steroid dienone is 1. The Morgan fingerprint density at radius 1 is 1.09 bits per heavy atom. The molecule has 0 bridgehead atoms. The molecule has 9 heteroatoms. The summed E-state index contributed by atoms with van der Waals surface area (Å²) >= 11 is 0. The average molecular weight is 499 g/mol. The third-order valence-corrected chi connectivity index (χ3v) is 8.12. The lowest BCUT2D eigenvalue weighted by atomic mass is 9.97. The molecule has 0 saturated heterocycles. The van der Waals surface area contributed by atoms with Crippen LogP contribution in [-0.4, -0.2) is 47.1 Å². The number of carbonyl (C=O) groups excluding carboxylic acids is 2. The second kappa shape index (κ2) is 10.9. The summed E-state index contributed by atoms with van der Waals surface area (Å²) in [5.41, 5.74) is 2.88. The van der Waals surface area contributed by atoms with Crippen molar-refractivity contribution in [3.63, 3.8) is 0 Å². The number of hydrogen-bond donors (Lipinski definition) is 1. The molecule has 4 rings (SSSR count). The van der Waals surface area contributed by atoms with Crippen molar-refractivity contribution >= 4 is 27.6 Å². The highest BCUT2D eigenvalue weighted by Crippen LogP contribution is 2.34. The van der Waals surface area contributed by atoms with Gasteiger partial charge in [-0.25, -0.2) is 13.2 Å². The lowest BCUT2D eigenvalue weighted by molar-refractivity contribution is -0.124. The van der Waals surface area contributed by atoms with E-state index in [0.717, 1.165) is 24.8 Å². The summed E-state index contributed by atoms with van der Waals surface area (Å²) in [6.45, 7) is 0.346. The maximum Gasteiger partial charge on any atom is 0.342 e. The molecule has 8 nitrogen and oxygen atoms in total. The van der Waals surface area contributed by atoms with Gasteiger partial charge in [-0.1, -0.05) is 29.8 Å². The van der Waals surface area contributed by atoms with E-state index in [1.54, 1.807) is 12.1 Å². The van der Waals surface area contributed by atoms with Gasteiger partial charge in [0.1, 0.15) is 11.3 Å². The summed E-state index contributed by atoms with van der Waals surface area (Å²) in [6, 6.07) is 11.4. The van der Waals surface area contributed by atoms with Crippen molar-refractivity contribution in [1.29, 1.82) is 0 Å². The van der Waals surface area contributed by atoms with Crippen molar-refractivity contribution in [3.05, 3.63) is 65.2 Å². The van der Waals surface area contributed by atoms with E-state index in [1.807, 2.05) is 12.1 Å². The minimum Gasteiger partial charge on any atom is -0.496 e. The Hall–Kier alpha value is -3.33. The topological polar surface area (TPSA) is 102 Å². The number of methoxy groups -OCH3 is 1. The number of para-hydroxylation sites is 1. The Morgan fingerprint density at radius 3 is 2.69 bits per heavy atom. The Morgan fingerprint density at radius 2 is 1.91 bits per heavy atom. The van der Waals surface area contributed by atoms with Crippen LogP contribution in [0.25, 0.3) is 0 Å². The number of benzene rings is 2. The Bertz CT molecular complexity index is 1240. The molecular formula is C26H30N2O6S. The van der Waals surface area contributed by atoms with Crippen LogP contribution in [-0.2, 0) is 26.0 Å². The van der Waals surface area contributed by atoms with Crippen LogP contribution in [0.1, 0.15) is 48.0 Å². The van der Waals surface area contributed by atoms with Crippen LogP contribution >= 0.6 is 0 Å². The molecule has 35 heavy (non-hydrogen) atoms. The minimum absolute atomic E-state index is 0.0489. The molecule has 1 aliphatic heterocycles. The van der Waals surface area contributed by atoms with Crippen LogP contribution in [0.5, 0.6) is 5.75 Å². The van der Waals surface area contributed by atoms with Crippen molar-refractivity contribution in [2.24, 2.45) is 0 Å². The highest BCUT2D eigenvalue weighted by atomic mass is 32.2. The molecule has 1 heterocycles. The number of ether oxygens (including phenoxy) is 2. The van der Waals surface area contributed by atoms with Crippen LogP contribution in [0.15, 0.2) is 59.0 Å². The first-order valence-electron chi connectivity index (χ1n) is 11.8. The lowest BCUT2D eigenvalue weighted by Crippen LogP contribution is -2.30. The molecule has 186 valence electrons. The zero-order valence-electron chi connectivity index (χ0n) is 19.8. The van der Waals surface area contributed by atoms with Crippen molar-refractivity contribution in [2.75, 3.05) is 31.1 Å². The van der Waals surface area contributed by atoms with Gasteiger partial charge in [-0.3, -0.25) is 9.10 Å². The first-order valence-corrected chi connectivity index (χ1v) is 13.2. The van der Waals surface area contributed by atoms with Crippen LogP contribution < -0.4 is 14.4 Å². The number of amides is 1. The molecule has 1 amide bonds. The van der Waals surface area contributed by atoms with Crippen molar-refractivity contribution in [1.82, 2.24) is 5.32 Å². The van der Waals surface area contributed by atoms with Gasteiger partial charge in [0.15, 0.2) is 6.61 Å². The molecular weight excluding hydrogens is 468 g/mol. The summed E-state index contributed by atoms with van der Waals surface area (Å²) in [5, 5.41) is 2.76. The Kier molecular flexibility index (Phi) is 7.75. The molecule has 2 aliphatic rings. The second-order valence-corrected chi connectivity index (χ2v) is 10.5. The van der Waals surface area contributed by atoms with E-state index in [2.05, 4.69) is 11.4 Å². The molecule has 2 aromatic carbocycles. The monoisotopic (exact) mass is 498 g/mol. The van der Waals surface area contributed by atoms with Gasteiger partial charge in [-0.05, 0) is 68.4 Å². The fourth-order valence-corrected chi connectivity index (χ4v) is 5.98. The number of anilines is 1. The molecule has 1 aliphatic carbocycles. The standard InChI is InChI=1S/C26H30N2O6S/c1-33-24-12-11-21(35(31,32)28-16-14-20-9-5-6-10-23(20)28)17-22(24)26(30)34-18-25(29)27-15-13-19-7-3-2-4-8-19/h5-7,9-12,17H,2-4,8,13-16,18H2,1H3,(H,27,29). The maximum absolute atomic E-state index is 13.4. The highest BCUT2D eigenvalue weighted by Gasteiger charge is 2.32. The van der Waals surface area contributed by atoms with Crippen molar-refractivity contribution < 1.29 is 27.5 Å². The van der Waals surface area contributed by atoms with Crippen LogP contribution in [0, 0.1) is 0 Å². The van der Waals surface area contributed by atoms with Gasteiger partial charge >= 0.3 is 5.97 Å².